The molecule has 1 aliphatic rings. The van der Waals surface area contributed by atoms with Gasteiger partial charge in [0.15, 0.2) is 6.61 Å². The molecular weight excluding hydrogens is 552 g/mol. The first kappa shape index (κ1) is 26.3. The van der Waals surface area contributed by atoms with Gasteiger partial charge in [0.1, 0.15) is 9.71 Å². The SMILES string of the molecule is Cc1nn(-c2ccccc2)c2sc(C(=O)OCC(=O)Nc3cc(S(=O)(=O)N4CCOCC4)ccc3Cl)cc12. The van der Waals surface area contributed by atoms with Crippen LogP contribution in [0.25, 0.3) is 15.9 Å². The number of amides is 1. The highest BCUT2D eigenvalue weighted by molar-refractivity contribution is 7.89. The van der Waals surface area contributed by atoms with Crippen molar-refractivity contribution in [1.82, 2.24) is 14.1 Å². The Kier molecular flexibility index (Phi) is 7.50. The number of aromatic nitrogens is 2. The molecule has 0 radical (unpaired) electrons. The van der Waals surface area contributed by atoms with E-state index in [-0.39, 0.29) is 28.7 Å². The number of benzene rings is 2. The topological polar surface area (TPSA) is 120 Å². The lowest BCUT2D eigenvalue weighted by molar-refractivity contribution is -0.119. The number of esters is 1. The summed E-state index contributed by atoms with van der Waals surface area (Å²) >= 11 is 7.41. The van der Waals surface area contributed by atoms with Gasteiger partial charge >= 0.3 is 5.97 Å². The molecule has 0 aliphatic carbocycles. The maximum Gasteiger partial charge on any atom is 0.348 e. The van der Waals surface area contributed by atoms with Crippen LogP contribution < -0.4 is 5.32 Å². The Morgan fingerprint density at radius 1 is 1.13 bits per heavy atom. The Hall–Kier alpha value is -3.29. The fourth-order valence-corrected chi connectivity index (χ4v) is 6.65. The molecule has 38 heavy (non-hydrogen) atoms. The number of nitrogens with one attached hydrogen (secondary N) is 1. The van der Waals surface area contributed by atoms with E-state index in [4.69, 9.17) is 21.1 Å². The number of carbonyl (C=O) groups excluding carboxylic acids is 2. The number of halogens is 1. The molecule has 1 fully saturated rings. The number of sulfonamides is 1. The number of hydrogen-bond donors (Lipinski definition) is 1. The van der Waals surface area contributed by atoms with Crippen molar-refractivity contribution >= 4 is 60.7 Å². The summed E-state index contributed by atoms with van der Waals surface area (Å²) in [5.41, 5.74) is 1.72. The molecule has 2 aromatic carbocycles. The van der Waals surface area contributed by atoms with Crippen LogP contribution in [0.1, 0.15) is 15.4 Å². The van der Waals surface area contributed by atoms with Gasteiger partial charge in [-0.2, -0.15) is 9.40 Å². The molecule has 1 saturated heterocycles. The van der Waals surface area contributed by atoms with Crippen molar-refractivity contribution in [2.75, 3.05) is 38.2 Å². The highest BCUT2D eigenvalue weighted by atomic mass is 35.5. The lowest BCUT2D eigenvalue weighted by Crippen LogP contribution is -2.40. The second-order valence-corrected chi connectivity index (χ2v) is 11.8. The summed E-state index contributed by atoms with van der Waals surface area (Å²) in [6.45, 7) is 2.38. The van der Waals surface area contributed by atoms with Gasteiger partial charge in [0.05, 0.1) is 40.2 Å². The van der Waals surface area contributed by atoms with Crippen molar-refractivity contribution in [3.63, 3.8) is 0 Å². The molecule has 1 N–H and O–H groups in total. The van der Waals surface area contributed by atoms with Gasteiger partial charge in [-0.05, 0) is 43.3 Å². The number of para-hydroxylation sites is 1. The largest absolute Gasteiger partial charge is 0.451 e. The molecule has 13 heteroatoms. The van der Waals surface area contributed by atoms with Crippen molar-refractivity contribution in [2.24, 2.45) is 0 Å². The van der Waals surface area contributed by atoms with E-state index in [0.717, 1.165) is 21.6 Å². The maximum absolute atomic E-state index is 12.9. The second-order valence-electron chi connectivity index (χ2n) is 8.44. The molecule has 3 heterocycles. The van der Waals surface area contributed by atoms with Gasteiger partial charge < -0.3 is 14.8 Å². The minimum Gasteiger partial charge on any atom is -0.451 e. The van der Waals surface area contributed by atoms with Gasteiger partial charge in [0.25, 0.3) is 5.91 Å². The third-order valence-electron chi connectivity index (χ3n) is 5.90. The fourth-order valence-electron chi connectivity index (χ4n) is 3.98. The van der Waals surface area contributed by atoms with Crippen LogP contribution in [0.3, 0.4) is 0 Å². The van der Waals surface area contributed by atoms with E-state index in [2.05, 4.69) is 10.4 Å². The minimum absolute atomic E-state index is 0.01000. The Labute approximate surface area is 227 Å². The maximum atomic E-state index is 12.9. The average Bonchev–Trinajstić information content (AvgIpc) is 3.50. The first-order chi connectivity index (χ1) is 18.2. The molecule has 198 valence electrons. The number of aryl methyl sites for hydroxylation is 1. The fraction of sp³-hybridized carbons (Fsp3) is 0.240. The zero-order chi connectivity index (χ0) is 26.9. The highest BCUT2D eigenvalue weighted by Gasteiger charge is 2.27. The van der Waals surface area contributed by atoms with Crippen molar-refractivity contribution < 1.29 is 27.5 Å². The number of fused-ring (bicyclic) bond motifs is 1. The predicted octanol–water partition coefficient (Wildman–Crippen LogP) is 3.87. The third-order valence-corrected chi connectivity index (χ3v) is 9.22. The van der Waals surface area contributed by atoms with E-state index < -0.39 is 28.5 Å². The highest BCUT2D eigenvalue weighted by Crippen LogP contribution is 2.31. The first-order valence-corrected chi connectivity index (χ1v) is 14.3. The van der Waals surface area contributed by atoms with Gasteiger partial charge in [-0.1, -0.05) is 29.8 Å². The van der Waals surface area contributed by atoms with Crippen LogP contribution in [0.15, 0.2) is 59.5 Å². The van der Waals surface area contributed by atoms with Crippen LogP contribution in [0.4, 0.5) is 5.69 Å². The van der Waals surface area contributed by atoms with Crippen LogP contribution in [-0.2, 0) is 24.3 Å². The minimum atomic E-state index is -3.78. The number of ether oxygens (including phenoxy) is 2. The standard InChI is InChI=1S/C25H23ClN4O6S2/c1-16-19-14-22(37-24(19)30(28-16)17-5-3-2-4-6-17)25(32)36-15-23(31)27-21-13-18(7-8-20(21)26)38(33,34)29-9-11-35-12-10-29/h2-8,13-14H,9-12,15H2,1H3,(H,27,31). The Morgan fingerprint density at radius 2 is 1.87 bits per heavy atom. The van der Waals surface area contributed by atoms with Crippen molar-refractivity contribution in [3.05, 3.63) is 70.2 Å². The number of morpholine rings is 1. The van der Waals surface area contributed by atoms with Crippen LogP contribution >= 0.6 is 22.9 Å². The molecule has 10 nitrogen and oxygen atoms in total. The molecule has 0 bridgehead atoms. The Balaban J connectivity index is 1.26. The predicted molar refractivity (Wildman–Crippen MR) is 144 cm³/mol. The van der Waals surface area contributed by atoms with Crippen molar-refractivity contribution in [1.29, 1.82) is 0 Å². The van der Waals surface area contributed by atoms with Gasteiger partial charge in [-0.3, -0.25) is 4.79 Å². The summed E-state index contributed by atoms with van der Waals surface area (Å²) in [5, 5.41) is 8.05. The van der Waals surface area contributed by atoms with Crippen LogP contribution in [-0.4, -0.2) is 67.3 Å². The summed E-state index contributed by atoms with van der Waals surface area (Å²) in [6.07, 6.45) is 0. The quantitative estimate of drug-likeness (QED) is 0.333. The number of nitrogens with zero attached hydrogens (tertiary/aromatic N) is 3. The molecule has 0 atom stereocenters. The number of thiophene rings is 1. The van der Waals surface area contributed by atoms with E-state index >= 15 is 0 Å². The van der Waals surface area contributed by atoms with E-state index in [9.17, 15) is 18.0 Å². The number of hydrogen-bond acceptors (Lipinski definition) is 8. The van der Waals surface area contributed by atoms with Gasteiger partial charge in [-0.15, -0.1) is 11.3 Å². The summed E-state index contributed by atoms with van der Waals surface area (Å²) in [5.74, 6) is -1.32. The Morgan fingerprint density at radius 3 is 2.61 bits per heavy atom. The molecule has 4 aromatic rings. The number of anilines is 1. The zero-order valence-corrected chi connectivity index (χ0v) is 22.6. The molecule has 0 unspecified atom stereocenters. The molecule has 1 amide bonds. The van der Waals surface area contributed by atoms with Crippen molar-refractivity contribution in [2.45, 2.75) is 11.8 Å². The van der Waals surface area contributed by atoms with E-state index in [1.165, 1.54) is 33.8 Å². The smallest absolute Gasteiger partial charge is 0.348 e. The van der Waals surface area contributed by atoms with Crippen molar-refractivity contribution in [3.8, 4) is 5.69 Å². The molecular formula is C25H23ClN4O6S2. The van der Waals surface area contributed by atoms with Gasteiger partial charge in [0.2, 0.25) is 10.0 Å². The summed E-state index contributed by atoms with van der Waals surface area (Å²) in [6, 6.07) is 15.3. The first-order valence-electron chi connectivity index (χ1n) is 11.6. The molecule has 1 aliphatic heterocycles. The second kappa shape index (κ2) is 10.8. The molecule has 2 aromatic heterocycles. The molecule has 5 rings (SSSR count). The lowest BCUT2D eigenvalue weighted by Gasteiger charge is -2.26. The average molecular weight is 575 g/mol. The lowest BCUT2D eigenvalue weighted by atomic mass is 10.3. The number of carbonyl (C=O) groups is 2. The summed E-state index contributed by atoms with van der Waals surface area (Å²) in [7, 11) is -3.78. The Bertz CT molecular complexity index is 1610. The molecule has 0 saturated carbocycles. The van der Waals surface area contributed by atoms with Gasteiger partial charge in [0, 0.05) is 18.5 Å². The van der Waals surface area contributed by atoms with Crippen LogP contribution in [0, 0.1) is 6.92 Å². The van der Waals surface area contributed by atoms with Gasteiger partial charge in [-0.25, -0.2) is 17.9 Å². The number of rotatable bonds is 7. The van der Waals surface area contributed by atoms with E-state index in [1.54, 1.807) is 10.7 Å². The van der Waals surface area contributed by atoms with Crippen LogP contribution in [0.5, 0.6) is 0 Å². The monoisotopic (exact) mass is 574 g/mol. The van der Waals surface area contributed by atoms with E-state index in [1.807, 2.05) is 37.3 Å². The third kappa shape index (κ3) is 5.31. The zero-order valence-electron chi connectivity index (χ0n) is 20.2. The molecule has 0 spiro atoms. The van der Waals surface area contributed by atoms with E-state index in [0.29, 0.717) is 18.1 Å². The summed E-state index contributed by atoms with van der Waals surface area (Å²) < 4.78 is 39.4. The normalized spacial score (nSPS) is 14.5. The summed E-state index contributed by atoms with van der Waals surface area (Å²) in [4.78, 5) is 26.4. The van der Waals surface area contributed by atoms with Crippen LogP contribution in [0.2, 0.25) is 5.02 Å².